The molecule has 0 aliphatic carbocycles. The summed E-state index contributed by atoms with van der Waals surface area (Å²) in [5.74, 6) is 0. The fourth-order valence-corrected chi connectivity index (χ4v) is 3.02. The Morgan fingerprint density at radius 3 is 1.30 bits per heavy atom. The van der Waals surface area contributed by atoms with Crippen molar-refractivity contribution in [2.24, 2.45) is 0 Å². The topological polar surface area (TPSA) is 23.1 Å². The molecule has 0 aliphatic heterocycles. The van der Waals surface area contributed by atoms with E-state index in [9.17, 15) is 4.89 Å². The van der Waals surface area contributed by atoms with Crippen molar-refractivity contribution in [3.8, 4) is 0 Å². The van der Waals surface area contributed by atoms with E-state index in [0.29, 0.717) is 0 Å². The van der Waals surface area contributed by atoms with Crippen molar-refractivity contribution in [1.82, 2.24) is 0 Å². The number of rotatable bonds is 4. The Balaban J connectivity index is 0.00000180. The fourth-order valence-electron chi connectivity index (χ4n) is 1.88. The average molecular weight is 317 g/mol. The molecule has 0 saturated heterocycles. The number of hydrogen-bond donors (Lipinski definition) is 0. The van der Waals surface area contributed by atoms with E-state index in [2.05, 4.69) is 38.1 Å². The van der Waals surface area contributed by atoms with Crippen LogP contribution in [0.15, 0.2) is 48.5 Å². The first-order valence-corrected chi connectivity index (χ1v) is 7.65. The van der Waals surface area contributed by atoms with Gasteiger partial charge in [0.2, 0.25) is 0 Å². The number of benzene rings is 2. The fraction of sp³-hybridized carbons (Fsp3) is 0.250. The molecule has 102 valence electrons. The summed E-state index contributed by atoms with van der Waals surface area (Å²) in [6.07, 6.45) is 2.03. The second kappa shape index (κ2) is 9.76. The molecule has 0 heterocycles. The van der Waals surface area contributed by atoms with Gasteiger partial charge in [0.15, 0.2) is 0 Å². The Bertz CT molecular complexity index is 451. The summed E-state index contributed by atoms with van der Waals surface area (Å²) in [6.45, 7) is 4.25. The van der Waals surface area contributed by atoms with Crippen LogP contribution in [0.4, 0.5) is 0 Å². The molecule has 4 heteroatoms. The quantitative estimate of drug-likeness (QED) is 0.532. The third kappa shape index (κ3) is 5.02. The molecule has 0 amide bonds. The van der Waals surface area contributed by atoms with Gasteiger partial charge >= 0.3 is 23.1 Å². The minimum absolute atomic E-state index is 0. The summed E-state index contributed by atoms with van der Waals surface area (Å²) in [5.41, 5.74) is 2.56. The minimum atomic E-state index is -1.46. The molecule has 2 aromatic carbocycles. The largest absolute Gasteiger partial charge is 2.00 e. The van der Waals surface area contributed by atoms with Crippen LogP contribution in [0, 0.1) is 0 Å². The summed E-state index contributed by atoms with van der Waals surface area (Å²) in [5, 5.41) is 1.82. The van der Waals surface area contributed by atoms with E-state index in [1.54, 1.807) is 0 Å². The van der Waals surface area contributed by atoms with Gasteiger partial charge in [-0.15, -0.1) is 8.15 Å². The van der Waals surface area contributed by atoms with Crippen molar-refractivity contribution in [1.29, 1.82) is 0 Å². The Morgan fingerprint density at radius 1 is 0.750 bits per heavy atom. The zero-order chi connectivity index (χ0) is 13.0. The van der Waals surface area contributed by atoms with Crippen molar-refractivity contribution in [2.75, 3.05) is 0 Å². The maximum atomic E-state index is 12.4. The predicted octanol–water partition coefficient (Wildman–Crippen LogP) is -0.857. The first-order chi connectivity index (χ1) is 8.74. The summed E-state index contributed by atoms with van der Waals surface area (Å²) in [7, 11) is -1.46. The second-order valence-corrected chi connectivity index (χ2v) is 5.96. The van der Waals surface area contributed by atoms with E-state index in [0.717, 1.165) is 23.5 Å². The van der Waals surface area contributed by atoms with Crippen LogP contribution in [0.25, 0.3) is 0 Å². The van der Waals surface area contributed by atoms with Crippen LogP contribution >= 0.6 is 8.15 Å². The van der Waals surface area contributed by atoms with Crippen molar-refractivity contribution in [2.45, 2.75) is 26.7 Å². The Hall–Kier alpha value is -0.114. The standard InChI is InChI=1S/C16H18OP.ClH.Mg/c1-3-13-5-9-15(10-6-13)18(17)16-11-7-14(4-2)8-12-16;;/h5-12H,3-4H2,1-2H3;1H;/q-1;;+2/p-1. The van der Waals surface area contributed by atoms with Gasteiger partial charge in [-0.2, -0.15) is 0 Å². The smallest absolute Gasteiger partial charge is 1.00 e. The maximum Gasteiger partial charge on any atom is 2.00 e. The zero-order valence-corrected chi connectivity index (χ0v) is 15.0. The first kappa shape index (κ1) is 19.9. The van der Waals surface area contributed by atoms with Gasteiger partial charge in [0.1, 0.15) is 0 Å². The molecule has 20 heavy (non-hydrogen) atoms. The van der Waals surface area contributed by atoms with Crippen LogP contribution in [0.1, 0.15) is 25.0 Å². The van der Waals surface area contributed by atoms with E-state index >= 15 is 0 Å². The monoisotopic (exact) mass is 316 g/mol. The predicted molar refractivity (Wildman–Crippen MR) is 83.6 cm³/mol. The molecule has 0 unspecified atom stereocenters. The molecule has 0 radical (unpaired) electrons. The number of halogens is 1. The molecule has 0 saturated carbocycles. The molecule has 0 atom stereocenters. The molecular weight excluding hydrogens is 299 g/mol. The van der Waals surface area contributed by atoms with Gasteiger partial charge in [0.25, 0.3) is 0 Å². The van der Waals surface area contributed by atoms with Crippen molar-refractivity contribution < 1.29 is 17.3 Å². The van der Waals surface area contributed by atoms with Crippen LogP contribution in [0.5, 0.6) is 0 Å². The van der Waals surface area contributed by atoms with E-state index in [4.69, 9.17) is 0 Å². The van der Waals surface area contributed by atoms with Gasteiger partial charge in [0.05, 0.1) is 0 Å². The molecule has 0 aliphatic rings. The van der Waals surface area contributed by atoms with Crippen LogP contribution in [-0.2, 0) is 12.8 Å². The summed E-state index contributed by atoms with van der Waals surface area (Å²) < 4.78 is 0. The van der Waals surface area contributed by atoms with Gasteiger partial charge in [-0.1, -0.05) is 62.4 Å². The minimum Gasteiger partial charge on any atom is -1.00 e. The van der Waals surface area contributed by atoms with Crippen LogP contribution < -0.4 is 27.9 Å². The average Bonchev–Trinajstić information content (AvgIpc) is 2.47. The van der Waals surface area contributed by atoms with Crippen LogP contribution in [-0.4, -0.2) is 23.1 Å². The maximum absolute atomic E-state index is 12.4. The Kier molecular flexibility index (Phi) is 9.70. The summed E-state index contributed by atoms with van der Waals surface area (Å²) in [6, 6.07) is 16.1. The SMILES string of the molecule is CCc1ccc(P([O-])c2ccc(CC)cc2)cc1.[Cl-].[Mg+2]. The van der Waals surface area contributed by atoms with Gasteiger partial charge in [0, 0.05) is 0 Å². The molecule has 2 aromatic rings. The number of aryl methyl sites for hydroxylation is 2. The molecule has 0 N–H and O–H groups in total. The van der Waals surface area contributed by atoms with Crippen LogP contribution in [0.2, 0.25) is 0 Å². The molecule has 0 aromatic heterocycles. The zero-order valence-electron chi connectivity index (χ0n) is 12.0. The van der Waals surface area contributed by atoms with Crippen LogP contribution in [0.3, 0.4) is 0 Å². The normalized spacial score (nSPS) is 9.80. The van der Waals surface area contributed by atoms with E-state index in [1.165, 1.54) is 11.1 Å². The molecule has 2 rings (SSSR count). The van der Waals surface area contributed by atoms with Gasteiger partial charge in [-0.3, -0.25) is 0 Å². The first-order valence-electron chi connectivity index (χ1n) is 6.39. The molecule has 1 nitrogen and oxygen atoms in total. The second-order valence-electron chi connectivity index (χ2n) is 4.33. The van der Waals surface area contributed by atoms with Crippen molar-refractivity contribution >= 4 is 41.8 Å². The van der Waals surface area contributed by atoms with Gasteiger partial charge in [-0.05, 0) is 34.6 Å². The third-order valence-electron chi connectivity index (χ3n) is 3.16. The van der Waals surface area contributed by atoms with Gasteiger partial charge < -0.3 is 17.3 Å². The Labute approximate surface area is 145 Å². The molecule has 0 bridgehead atoms. The van der Waals surface area contributed by atoms with E-state index in [1.807, 2.05) is 24.3 Å². The van der Waals surface area contributed by atoms with E-state index < -0.39 is 8.15 Å². The third-order valence-corrected chi connectivity index (χ3v) is 4.69. The van der Waals surface area contributed by atoms with Crippen molar-refractivity contribution in [3.63, 3.8) is 0 Å². The molecule has 0 spiro atoms. The van der Waals surface area contributed by atoms with Gasteiger partial charge in [-0.25, -0.2) is 0 Å². The summed E-state index contributed by atoms with van der Waals surface area (Å²) in [4.78, 5) is 12.4. The Morgan fingerprint density at radius 2 is 1.05 bits per heavy atom. The van der Waals surface area contributed by atoms with E-state index in [-0.39, 0.29) is 35.5 Å². The summed E-state index contributed by atoms with van der Waals surface area (Å²) >= 11 is 0. The molecule has 0 fully saturated rings. The number of hydrogen-bond acceptors (Lipinski definition) is 1. The molecular formula is C16H18ClMgOP. The van der Waals surface area contributed by atoms with Crippen molar-refractivity contribution in [3.05, 3.63) is 59.7 Å².